The summed E-state index contributed by atoms with van der Waals surface area (Å²) in [5.41, 5.74) is 0. The first-order valence-corrected chi connectivity index (χ1v) is 5.21. The highest BCUT2D eigenvalue weighted by Crippen LogP contribution is 2.33. The maximum Gasteiger partial charge on any atom is 0.324 e. The Balaban J connectivity index is 2.51. The second-order valence-corrected chi connectivity index (χ2v) is 5.08. The number of hydrogen-bond acceptors (Lipinski definition) is 4. The highest BCUT2D eigenvalue weighted by molar-refractivity contribution is 8.00. The molecule has 1 aliphatic heterocycles. The summed E-state index contributed by atoms with van der Waals surface area (Å²) in [7, 11) is 0. The van der Waals surface area contributed by atoms with Crippen LogP contribution in [0.5, 0.6) is 0 Å². The van der Waals surface area contributed by atoms with Crippen LogP contribution >= 0.6 is 11.8 Å². The van der Waals surface area contributed by atoms with Crippen LogP contribution in [0, 0.1) is 0 Å². The molecule has 74 valence electrons. The maximum absolute atomic E-state index is 11.5. The monoisotopic (exact) mass is 201 g/mol. The van der Waals surface area contributed by atoms with Gasteiger partial charge in [-0.25, -0.2) is 0 Å². The summed E-state index contributed by atoms with van der Waals surface area (Å²) in [6.45, 7) is 7.86. The van der Waals surface area contributed by atoms with Gasteiger partial charge in [-0.1, -0.05) is 12.7 Å². The first-order valence-electron chi connectivity index (χ1n) is 4.23. The summed E-state index contributed by atoms with van der Waals surface area (Å²) in [6, 6.07) is -0.197. The van der Waals surface area contributed by atoms with Crippen molar-refractivity contribution < 1.29 is 9.53 Å². The number of hydrogen-bond donors (Lipinski definition) is 1. The molecular weight excluding hydrogens is 186 g/mol. The molecule has 13 heavy (non-hydrogen) atoms. The Hall–Kier alpha value is -0.480. The van der Waals surface area contributed by atoms with Crippen LogP contribution in [0.15, 0.2) is 12.7 Å². The Morgan fingerprint density at radius 3 is 3.00 bits per heavy atom. The summed E-state index contributed by atoms with van der Waals surface area (Å²) in [5, 5.41) is 3.11. The molecule has 0 bridgehead atoms. The zero-order chi connectivity index (χ0) is 9.90. The van der Waals surface area contributed by atoms with Gasteiger partial charge in [0.1, 0.15) is 12.6 Å². The lowest BCUT2D eigenvalue weighted by Crippen LogP contribution is -2.44. The molecule has 0 saturated carbocycles. The van der Waals surface area contributed by atoms with Crippen LogP contribution < -0.4 is 5.32 Å². The first kappa shape index (κ1) is 10.6. The molecule has 1 fully saturated rings. The van der Waals surface area contributed by atoms with E-state index in [1.54, 1.807) is 17.8 Å². The fraction of sp³-hybridized carbons (Fsp3) is 0.667. The number of rotatable bonds is 3. The molecule has 1 rings (SSSR count). The maximum atomic E-state index is 11.5. The third kappa shape index (κ3) is 2.48. The van der Waals surface area contributed by atoms with Crippen LogP contribution in [0.25, 0.3) is 0 Å². The lowest BCUT2D eigenvalue weighted by atomic mass is 10.0. The summed E-state index contributed by atoms with van der Waals surface area (Å²) in [6.07, 6.45) is 1.58. The van der Waals surface area contributed by atoms with E-state index in [0.717, 1.165) is 5.88 Å². The fourth-order valence-electron chi connectivity index (χ4n) is 1.23. The molecule has 0 unspecified atom stereocenters. The molecule has 0 aromatic carbocycles. The average Bonchev–Trinajstić information content (AvgIpc) is 2.41. The molecule has 1 N–H and O–H groups in total. The standard InChI is InChI=1S/C9H15NO2S/c1-4-5-12-8(11)7-9(2,3)13-6-10-7/h4,7,10H,1,5-6H2,2-3H3/t7-/m1/s1. The first-order chi connectivity index (χ1) is 6.08. The normalized spacial score (nSPS) is 25.5. The van der Waals surface area contributed by atoms with E-state index in [-0.39, 0.29) is 23.4 Å². The van der Waals surface area contributed by atoms with Crippen molar-refractivity contribution in [3.05, 3.63) is 12.7 Å². The number of carbonyl (C=O) groups excluding carboxylic acids is 1. The lowest BCUT2D eigenvalue weighted by Gasteiger charge is -2.23. The molecule has 1 heterocycles. The number of nitrogens with one attached hydrogen (secondary N) is 1. The van der Waals surface area contributed by atoms with Gasteiger partial charge in [0.2, 0.25) is 0 Å². The molecule has 0 radical (unpaired) electrons. The fourth-order valence-corrected chi connectivity index (χ4v) is 2.20. The number of esters is 1. The molecule has 0 aliphatic carbocycles. The number of thioether (sulfide) groups is 1. The number of carbonyl (C=O) groups is 1. The minimum absolute atomic E-state index is 0.0712. The van der Waals surface area contributed by atoms with Crippen molar-refractivity contribution in [3.63, 3.8) is 0 Å². The molecular formula is C9H15NO2S. The third-order valence-electron chi connectivity index (χ3n) is 2.01. The molecule has 1 saturated heterocycles. The molecule has 0 amide bonds. The second kappa shape index (κ2) is 4.15. The second-order valence-electron chi connectivity index (χ2n) is 3.45. The van der Waals surface area contributed by atoms with E-state index < -0.39 is 0 Å². The van der Waals surface area contributed by atoms with E-state index in [1.165, 1.54) is 0 Å². The van der Waals surface area contributed by atoms with E-state index in [2.05, 4.69) is 11.9 Å². The quantitative estimate of drug-likeness (QED) is 0.549. The Labute approximate surface area is 82.9 Å². The minimum Gasteiger partial charge on any atom is -0.460 e. The van der Waals surface area contributed by atoms with Gasteiger partial charge >= 0.3 is 5.97 Å². The van der Waals surface area contributed by atoms with E-state index in [1.807, 2.05) is 13.8 Å². The predicted molar refractivity (Wildman–Crippen MR) is 54.6 cm³/mol. The Kier molecular flexibility index (Phi) is 3.39. The lowest BCUT2D eigenvalue weighted by molar-refractivity contribution is -0.145. The molecule has 0 aromatic heterocycles. The zero-order valence-electron chi connectivity index (χ0n) is 8.00. The predicted octanol–water partition coefficient (Wildman–Crippen LogP) is 1.16. The van der Waals surface area contributed by atoms with Gasteiger partial charge in [-0.15, -0.1) is 11.8 Å². The van der Waals surface area contributed by atoms with Gasteiger partial charge in [0.25, 0.3) is 0 Å². The minimum atomic E-state index is -0.197. The largest absolute Gasteiger partial charge is 0.460 e. The van der Waals surface area contributed by atoms with Crippen molar-refractivity contribution in [1.29, 1.82) is 0 Å². The van der Waals surface area contributed by atoms with Crippen molar-refractivity contribution in [3.8, 4) is 0 Å². The van der Waals surface area contributed by atoms with Gasteiger partial charge in [-0.05, 0) is 13.8 Å². The zero-order valence-corrected chi connectivity index (χ0v) is 8.82. The molecule has 1 aliphatic rings. The van der Waals surface area contributed by atoms with Crippen molar-refractivity contribution in [1.82, 2.24) is 5.32 Å². The molecule has 3 nitrogen and oxygen atoms in total. The van der Waals surface area contributed by atoms with Crippen LogP contribution in [0.1, 0.15) is 13.8 Å². The molecule has 4 heteroatoms. The van der Waals surface area contributed by atoms with E-state index in [9.17, 15) is 4.79 Å². The molecule has 0 spiro atoms. The highest BCUT2D eigenvalue weighted by atomic mass is 32.2. The van der Waals surface area contributed by atoms with Crippen molar-refractivity contribution in [2.45, 2.75) is 24.6 Å². The van der Waals surface area contributed by atoms with E-state index >= 15 is 0 Å². The van der Waals surface area contributed by atoms with Gasteiger partial charge in [-0.3, -0.25) is 10.1 Å². The topological polar surface area (TPSA) is 38.3 Å². The van der Waals surface area contributed by atoms with Crippen LogP contribution in [0.3, 0.4) is 0 Å². The summed E-state index contributed by atoms with van der Waals surface area (Å²) in [5.74, 6) is 0.621. The van der Waals surface area contributed by atoms with Gasteiger partial charge in [0.05, 0.1) is 0 Å². The highest BCUT2D eigenvalue weighted by Gasteiger charge is 2.40. The van der Waals surface area contributed by atoms with E-state index in [0.29, 0.717) is 0 Å². The summed E-state index contributed by atoms with van der Waals surface area (Å²) in [4.78, 5) is 11.5. The third-order valence-corrected chi connectivity index (χ3v) is 3.30. The smallest absolute Gasteiger partial charge is 0.324 e. The van der Waals surface area contributed by atoms with E-state index in [4.69, 9.17) is 4.74 Å². The number of ether oxygens (including phenoxy) is 1. The molecule has 0 aromatic rings. The van der Waals surface area contributed by atoms with Crippen molar-refractivity contribution in [2.24, 2.45) is 0 Å². The summed E-state index contributed by atoms with van der Waals surface area (Å²) < 4.78 is 4.91. The van der Waals surface area contributed by atoms with Crippen molar-refractivity contribution in [2.75, 3.05) is 12.5 Å². The average molecular weight is 201 g/mol. The Morgan fingerprint density at radius 1 is 1.85 bits per heavy atom. The van der Waals surface area contributed by atoms with Crippen LogP contribution in [-0.2, 0) is 9.53 Å². The van der Waals surface area contributed by atoms with Gasteiger partial charge in [0.15, 0.2) is 0 Å². The van der Waals surface area contributed by atoms with Crippen molar-refractivity contribution >= 4 is 17.7 Å². The van der Waals surface area contributed by atoms with Gasteiger partial charge in [-0.2, -0.15) is 0 Å². The summed E-state index contributed by atoms with van der Waals surface area (Å²) >= 11 is 1.73. The van der Waals surface area contributed by atoms with Crippen LogP contribution in [-0.4, -0.2) is 29.2 Å². The Morgan fingerprint density at radius 2 is 2.54 bits per heavy atom. The van der Waals surface area contributed by atoms with Crippen LogP contribution in [0.4, 0.5) is 0 Å². The van der Waals surface area contributed by atoms with Gasteiger partial charge in [0, 0.05) is 10.6 Å². The Bertz CT molecular complexity index is 216. The molecule has 1 atom stereocenters. The van der Waals surface area contributed by atoms with Crippen LogP contribution in [0.2, 0.25) is 0 Å². The van der Waals surface area contributed by atoms with Gasteiger partial charge < -0.3 is 4.74 Å². The SMILES string of the molecule is C=CCOC(=O)[C@H]1NCSC1(C)C.